The Labute approximate surface area is 173 Å². The predicted octanol–water partition coefficient (Wildman–Crippen LogP) is 4.59. The first-order valence-electron chi connectivity index (χ1n) is 9.43. The van der Waals surface area contributed by atoms with Crippen molar-refractivity contribution in [2.24, 2.45) is 0 Å². The van der Waals surface area contributed by atoms with E-state index in [1.54, 1.807) is 6.33 Å². The first-order valence-corrected chi connectivity index (χ1v) is 10.2. The number of halogens is 2. The Morgan fingerprint density at radius 3 is 2.57 bits per heavy atom. The highest BCUT2D eigenvalue weighted by molar-refractivity contribution is 6.35. The lowest BCUT2D eigenvalue weighted by atomic mass is 9.94. The molecule has 1 aliphatic rings. The van der Waals surface area contributed by atoms with Gasteiger partial charge in [0.25, 0.3) is 5.91 Å². The van der Waals surface area contributed by atoms with Crippen molar-refractivity contribution in [1.82, 2.24) is 24.4 Å². The minimum absolute atomic E-state index is 0.0813. The molecular formula is C20H21Cl2N5O. The topological polar surface area (TPSA) is 63.9 Å². The number of carbonyl (C=O) groups is 1. The second-order valence-electron chi connectivity index (χ2n) is 7.23. The summed E-state index contributed by atoms with van der Waals surface area (Å²) in [5.41, 5.74) is 2.84. The Balaban J connectivity index is 1.50. The number of amides is 1. The average Bonchev–Trinajstić information content (AvgIpc) is 3.11. The third-order valence-electron chi connectivity index (χ3n) is 5.39. The highest BCUT2D eigenvalue weighted by Gasteiger charge is 2.23. The molecule has 0 saturated heterocycles. The van der Waals surface area contributed by atoms with Crippen LogP contribution in [0, 0.1) is 0 Å². The summed E-state index contributed by atoms with van der Waals surface area (Å²) in [5, 5.41) is 0.325. The van der Waals surface area contributed by atoms with Crippen molar-refractivity contribution in [3.05, 3.63) is 52.2 Å². The van der Waals surface area contributed by atoms with Gasteiger partial charge in [-0.15, -0.1) is 0 Å². The second-order valence-corrected chi connectivity index (χ2v) is 7.93. The van der Waals surface area contributed by atoms with Crippen LogP contribution >= 0.6 is 23.2 Å². The number of hydrogen-bond acceptors (Lipinski definition) is 4. The molecule has 0 bridgehead atoms. The van der Waals surface area contributed by atoms with E-state index < -0.39 is 0 Å². The maximum Gasteiger partial charge on any atom is 0.253 e. The molecule has 1 aromatic carbocycles. The number of imidazole rings is 1. The minimum Gasteiger partial charge on any atom is -0.339 e. The van der Waals surface area contributed by atoms with E-state index >= 15 is 0 Å². The Morgan fingerprint density at radius 2 is 1.86 bits per heavy atom. The van der Waals surface area contributed by atoms with Crippen molar-refractivity contribution in [1.29, 1.82) is 0 Å². The van der Waals surface area contributed by atoms with Crippen molar-refractivity contribution in [2.75, 3.05) is 7.05 Å². The third-order valence-corrected chi connectivity index (χ3v) is 5.82. The van der Waals surface area contributed by atoms with Gasteiger partial charge in [0.2, 0.25) is 5.28 Å². The zero-order valence-corrected chi connectivity index (χ0v) is 17.1. The van der Waals surface area contributed by atoms with E-state index in [0.29, 0.717) is 29.3 Å². The summed E-state index contributed by atoms with van der Waals surface area (Å²) in [6.07, 6.45) is 7.55. The largest absolute Gasteiger partial charge is 0.339 e. The van der Waals surface area contributed by atoms with Gasteiger partial charge in [-0.05, 0) is 42.1 Å². The summed E-state index contributed by atoms with van der Waals surface area (Å²) in [6, 6.07) is 8.03. The van der Waals surface area contributed by atoms with Crippen LogP contribution in [0.1, 0.15) is 48.0 Å². The first kappa shape index (κ1) is 19.2. The first-order chi connectivity index (χ1) is 13.5. The molecule has 0 spiro atoms. The molecule has 1 saturated carbocycles. The molecule has 6 nitrogen and oxygen atoms in total. The van der Waals surface area contributed by atoms with Gasteiger partial charge < -0.3 is 9.47 Å². The van der Waals surface area contributed by atoms with Gasteiger partial charge in [-0.1, -0.05) is 43.0 Å². The molecule has 4 rings (SSSR count). The van der Waals surface area contributed by atoms with Gasteiger partial charge in [0.1, 0.15) is 5.52 Å². The average molecular weight is 418 g/mol. The molecule has 1 aliphatic carbocycles. The highest BCUT2D eigenvalue weighted by atomic mass is 35.5. The zero-order valence-electron chi connectivity index (χ0n) is 15.6. The van der Waals surface area contributed by atoms with Crippen LogP contribution in [0.25, 0.3) is 11.2 Å². The van der Waals surface area contributed by atoms with E-state index in [-0.39, 0.29) is 16.3 Å². The maximum atomic E-state index is 12.8. The molecule has 28 heavy (non-hydrogen) atoms. The van der Waals surface area contributed by atoms with Gasteiger partial charge >= 0.3 is 0 Å². The molecule has 0 radical (unpaired) electrons. The van der Waals surface area contributed by atoms with Crippen molar-refractivity contribution < 1.29 is 4.79 Å². The van der Waals surface area contributed by atoms with Crippen LogP contribution in [0.2, 0.25) is 10.4 Å². The Bertz CT molecular complexity index is 996. The van der Waals surface area contributed by atoms with E-state index in [4.69, 9.17) is 23.2 Å². The third kappa shape index (κ3) is 3.84. The zero-order chi connectivity index (χ0) is 19.7. The molecule has 1 fully saturated rings. The molecular weight excluding hydrogens is 397 g/mol. The summed E-state index contributed by atoms with van der Waals surface area (Å²) < 4.78 is 1.86. The van der Waals surface area contributed by atoms with E-state index in [9.17, 15) is 4.79 Å². The maximum absolute atomic E-state index is 12.8. The summed E-state index contributed by atoms with van der Waals surface area (Å²) in [6.45, 7) is 0.549. The van der Waals surface area contributed by atoms with E-state index in [2.05, 4.69) is 15.0 Å². The highest BCUT2D eigenvalue weighted by Crippen LogP contribution is 2.24. The molecule has 0 aliphatic heterocycles. The van der Waals surface area contributed by atoms with E-state index in [1.165, 1.54) is 19.3 Å². The molecule has 146 valence electrons. The Morgan fingerprint density at radius 1 is 1.14 bits per heavy atom. The van der Waals surface area contributed by atoms with Gasteiger partial charge in [0.15, 0.2) is 10.8 Å². The molecule has 0 atom stereocenters. The number of nitrogens with zero attached hydrogens (tertiary/aromatic N) is 5. The van der Waals surface area contributed by atoms with Crippen LogP contribution in [0.4, 0.5) is 0 Å². The van der Waals surface area contributed by atoms with Gasteiger partial charge in [-0.3, -0.25) is 4.79 Å². The van der Waals surface area contributed by atoms with Crippen LogP contribution in [-0.4, -0.2) is 43.4 Å². The normalized spacial score (nSPS) is 15.1. The molecule has 1 amide bonds. The Kier molecular flexibility index (Phi) is 5.51. The number of benzene rings is 1. The Hall–Kier alpha value is -2.18. The SMILES string of the molecule is CN(C(=O)c1ccc(Cn2cnc3c(Cl)nc(Cl)nc32)cc1)C1CCCCC1. The van der Waals surface area contributed by atoms with Crippen LogP contribution in [-0.2, 0) is 6.54 Å². The molecule has 0 N–H and O–H groups in total. The van der Waals surface area contributed by atoms with E-state index in [1.807, 2.05) is 40.8 Å². The van der Waals surface area contributed by atoms with Crippen LogP contribution in [0.3, 0.4) is 0 Å². The van der Waals surface area contributed by atoms with Crippen LogP contribution < -0.4 is 0 Å². The summed E-state index contributed by atoms with van der Waals surface area (Å²) in [7, 11) is 1.91. The van der Waals surface area contributed by atoms with E-state index in [0.717, 1.165) is 18.4 Å². The second kappa shape index (κ2) is 8.05. The van der Waals surface area contributed by atoms with Gasteiger partial charge in [-0.25, -0.2) is 9.97 Å². The molecule has 3 aromatic rings. The fraction of sp³-hybridized carbons (Fsp3) is 0.400. The lowest BCUT2D eigenvalue weighted by Crippen LogP contribution is -2.38. The van der Waals surface area contributed by atoms with Gasteiger partial charge in [0.05, 0.1) is 12.9 Å². The number of rotatable bonds is 4. The van der Waals surface area contributed by atoms with Crippen LogP contribution in [0.15, 0.2) is 30.6 Å². The number of carbonyl (C=O) groups excluding carboxylic acids is 1. The quantitative estimate of drug-likeness (QED) is 0.459. The number of fused-ring (bicyclic) bond motifs is 1. The van der Waals surface area contributed by atoms with Crippen molar-refractivity contribution in [2.45, 2.75) is 44.7 Å². The molecule has 0 unspecified atom stereocenters. The van der Waals surface area contributed by atoms with Crippen molar-refractivity contribution in [3.63, 3.8) is 0 Å². The minimum atomic E-state index is 0.0813. The summed E-state index contributed by atoms with van der Waals surface area (Å²) in [5.74, 6) is 0.0813. The molecule has 2 aromatic heterocycles. The monoisotopic (exact) mass is 417 g/mol. The van der Waals surface area contributed by atoms with Gasteiger partial charge in [-0.2, -0.15) is 4.98 Å². The lowest BCUT2D eigenvalue weighted by Gasteiger charge is -2.31. The van der Waals surface area contributed by atoms with Gasteiger partial charge in [0, 0.05) is 18.7 Å². The smallest absolute Gasteiger partial charge is 0.253 e. The molecule has 8 heteroatoms. The molecule has 2 heterocycles. The standard InChI is InChI=1S/C20H21Cl2N5O/c1-26(15-5-3-2-4-6-15)19(28)14-9-7-13(8-10-14)11-27-12-23-16-17(21)24-20(22)25-18(16)27/h7-10,12,15H,2-6,11H2,1H3. The predicted molar refractivity (Wildman–Crippen MR) is 110 cm³/mol. The van der Waals surface area contributed by atoms with Crippen molar-refractivity contribution in [3.8, 4) is 0 Å². The number of hydrogen-bond donors (Lipinski definition) is 0. The summed E-state index contributed by atoms with van der Waals surface area (Å²) in [4.78, 5) is 27.1. The van der Waals surface area contributed by atoms with Crippen LogP contribution in [0.5, 0.6) is 0 Å². The number of aromatic nitrogens is 4. The summed E-state index contributed by atoms with van der Waals surface area (Å²) >= 11 is 12.0. The fourth-order valence-electron chi connectivity index (χ4n) is 3.79. The van der Waals surface area contributed by atoms with Crippen molar-refractivity contribution >= 4 is 40.3 Å². The lowest BCUT2D eigenvalue weighted by molar-refractivity contribution is 0.0696. The fourth-order valence-corrected chi connectivity index (χ4v) is 4.21.